The molecule has 1 aromatic carbocycles. The Bertz CT molecular complexity index is 659. The highest BCUT2D eigenvalue weighted by Gasteiger charge is 2.28. The van der Waals surface area contributed by atoms with Gasteiger partial charge in [-0.2, -0.15) is 0 Å². The van der Waals surface area contributed by atoms with Gasteiger partial charge >= 0.3 is 6.09 Å². The van der Waals surface area contributed by atoms with Gasteiger partial charge in [-0.25, -0.2) is 4.79 Å². The maximum Gasteiger partial charge on any atom is 0.410 e. The third-order valence-corrected chi connectivity index (χ3v) is 3.98. The third-order valence-electron chi connectivity index (χ3n) is 3.98. The summed E-state index contributed by atoms with van der Waals surface area (Å²) < 4.78 is 5.38. The van der Waals surface area contributed by atoms with Gasteiger partial charge < -0.3 is 15.0 Å². The molecule has 0 atom stereocenters. The van der Waals surface area contributed by atoms with Gasteiger partial charge in [0.1, 0.15) is 11.3 Å². The van der Waals surface area contributed by atoms with Crippen LogP contribution in [0.5, 0.6) is 0 Å². The van der Waals surface area contributed by atoms with Crippen LogP contribution in [0.15, 0.2) is 24.8 Å². The van der Waals surface area contributed by atoms with E-state index in [1.165, 1.54) is 6.08 Å². The van der Waals surface area contributed by atoms with Crippen LogP contribution in [0.4, 0.5) is 16.2 Å². The molecular formula is C18H25N3O4. The number of benzene rings is 1. The van der Waals surface area contributed by atoms with Crippen LogP contribution < -0.4 is 5.32 Å². The minimum Gasteiger partial charge on any atom is -0.444 e. The van der Waals surface area contributed by atoms with E-state index in [2.05, 4.69) is 11.9 Å². The second kappa shape index (κ2) is 7.55. The van der Waals surface area contributed by atoms with Crippen molar-refractivity contribution >= 4 is 23.5 Å². The maximum atomic E-state index is 12.1. The van der Waals surface area contributed by atoms with Crippen molar-refractivity contribution in [3.05, 3.63) is 40.5 Å². The van der Waals surface area contributed by atoms with Crippen molar-refractivity contribution in [1.82, 2.24) is 4.90 Å². The number of para-hydroxylation sites is 1. The van der Waals surface area contributed by atoms with Crippen LogP contribution in [0.3, 0.4) is 0 Å². The number of hydrogen-bond acceptors (Lipinski definition) is 5. The molecule has 7 heteroatoms. The van der Waals surface area contributed by atoms with Crippen LogP contribution in [0.25, 0.3) is 6.08 Å². The number of carbonyl (C=O) groups is 1. The molecule has 136 valence electrons. The molecule has 1 amide bonds. The maximum absolute atomic E-state index is 12.1. The van der Waals surface area contributed by atoms with Crippen LogP contribution in [-0.4, -0.2) is 40.6 Å². The van der Waals surface area contributed by atoms with Crippen LogP contribution in [0.2, 0.25) is 0 Å². The van der Waals surface area contributed by atoms with Crippen molar-refractivity contribution in [1.29, 1.82) is 0 Å². The minimum atomic E-state index is -0.516. The van der Waals surface area contributed by atoms with E-state index in [1.807, 2.05) is 20.8 Å². The number of amides is 1. The monoisotopic (exact) mass is 347 g/mol. The predicted octanol–water partition coefficient (Wildman–Crippen LogP) is 4.05. The number of nitro benzene ring substituents is 1. The average molecular weight is 347 g/mol. The van der Waals surface area contributed by atoms with Crippen molar-refractivity contribution in [2.24, 2.45) is 0 Å². The van der Waals surface area contributed by atoms with E-state index in [0.717, 1.165) is 0 Å². The molecule has 1 heterocycles. The highest BCUT2D eigenvalue weighted by atomic mass is 16.6. The summed E-state index contributed by atoms with van der Waals surface area (Å²) in [6.07, 6.45) is 2.57. The number of ether oxygens (including phenoxy) is 1. The van der Waals surface area contributed by atoms with Crippen molar-refractivity contribution in [2.45, 2.75) is 45.3 Å². The quantitative estimate of drug-likeness (QED) is 0.656. The predicted molar refractivity (Wildman–Crippen MR) is 97.6 cm³/mol. The number of carbonyl (C=O) groups excluding carboxylic acids is 1. The highest BCUT2D eigenvalue weighted by molar-refractivity contribution is 5.73. The fourth-order valence-electron chi connectivity index (χ4n) is 2.80. The number of rotatable bonds is 4. The Hall–Kier alpha value is -2.57. The molecule has 1 aliphatic rings. The lowest BCUT2D eigenvalue weighted by Crippen LogP contribution is -2.44. The summed E-state index contributed by atoms with van der Waals surface area (Å²) >= 11 is 0. The van der Waals surface area contributed by atoms with Gasteiger partial charge in [-0.15, -0.1) is 0 Å². The van der Waals surface area contributed by atoms with Crippen molar-refractivity contribution < 1.29 is 14.5 Å². The third kappa shape index (κ3) is 4.95. The molecule has 1 aromatic rings. The molecule has 0 bridgehead atoms. The first-order valence-corrected chi connectivity index (χ1v) is 8.35. The Labute approximate surface area is 147 Å². The van der Waals surface area contributed by atoms with Crippen LogP contribution >= 0.6 is 0 Å². The van der Waals surface area contributed by atoms with Gasteiger partial charge in [-0.05, 0) is 45.7 Å². The standard InChI is InChI=1S/C18H25N3O4/c1-5-13-7-6-8-15(16(13)21(23)24)19-14-9-11-20(12-10-14)17(22)25-18(2,3)4/h5-8,14,19H,1,9-12H2,2-4H3. The Kier molecular flexibility index (Phi) is 5.66. The summed E-state index contributed by atoms with van der Waals surface area (Å²) in [5, 5.41) is 14.6. The molecule has 25 heavy (non-hydrogen) atoms. The summed E-state index contributed by atoms with van der Waals surface area (Å²) in [5.74, 6) is 0. The number of hydrogen-bond donors (Lipinski definition) is 1. The van der Waals surface area contributed by atoms with Crippen LogP contribution in [-0.2, 0) is 4.74 Å². The van der Waals surface area contributed by atoms with Gasteiger partial charge in [0.15, 0.2) is 0 Å². The Morgan fingerprint density at radius 2 is 2.04 bits per heavy atom. The van der Waals surface area contributed by atoms with Crippen molar-refractivity contribution in [3.8, 4) is 0 Å². The fourth-order valence-corrected chi connectivity index (χ4v) is 2.80. The molecule has 1 aliphatic heterocycles. The van der Waals surface area contributed by atoms with E-state index in [1.54, 1.807) is 23.1 Å². The van der Waals surface area contributed by atoms with E-state index in [0.29, 0.717) is 37.2 Å². The first-order chi connectivity index (χ1) is 11.7. The zero-order valence-electron chi connectivity index (χ0n) is 14.9. The fraction of sp³-hybridized carbons (Fsp3) is 0.500. The topological polar surface area (TPSA) is 84.7 Å². The van der Waals surface area contributed by atoms with E-state index >= 15 is 0 Å². The number of nitro groups is 1. The van der Waals surface area contributed by atoms with E-state index in [4.69, 9.17) is 4.74 Å². The van der Waals surface area contributed by atoms with Gasteiger partial charge in [0.05, 0.1) is 10.5 Å². The van der Waals surface area contributed by atoms with Gasteiger partial charge in [0, 0.05) is 19.1 Å². The summed E-state index contributed by atoms with van der Waals surface area (Å²) in [6, 6.07) is 5.20. The van der Waals surface area contributed by atoms with E-state index in [9.17, 15) is 14.9 Å². The molecule has 1 N–H and O–H groups in total. The molecule has 2 rings (SSSR count). The Balaban J connectivity index is 2.00. The molecule has 0 unspecified atom stereocenters. The molecule has 1 fully saturated rings. The molecule has 1 saturated heterocycles. The molecular weight excluding hydrogens is 322 g/mol. The van der Waals surface area contributed by atoms with Crippen molar-refractivity contribution in [2.75, 3.05) is 18.4 Å². The number of nitrogens with one attached hydrogen (secondary N) is 1. The Morgan fingerprint density at radius 3 is 2.56 bits per heavy atom. The summed E-state index contributed by atoms with van der Waals surface area (Å²) in [4.78, 5) is 24.7. The summed E-state index contributed by atoms with van der Waals surface area (Å²) in [7, 11) is 0. The first-order valence-electron chi connectivity index (χ1n) is 8.35. The molecule has 0 radical (unpaired) electrons. The van der Waals surface area contributed by atoms with Gasteiger partial charge in [0.25, 0.3) is 5.69 Å². The second-order valence-electron chi connectivity index (χ2n) is 7.09. The smallest absolute Gasteiger partial charge is 0.410 e. The minimum absolute atomic E-state index is 0.0343. The molecule has 0 spiro atoms. The average Bonchev–Trinajstić information content (AvgIpc) is 2.53. The molecule has 0 saturated carbocycles. The lowest BCUT2D eigenvalue weighted by Gasteiger charge is -2.34. The van der Waals surface area contributed by atoms with Gasteiger partial charge in [-0.3, -0.25) is 10.1 Å². The second-order valence-corrected chi connectivity index (χ2v) is 7.09. The number of nitrogens with zero attached hydrogens (tertiary/aromatic N) is 2. The zero-order chi connectivity index (χ0) is 18.6. The SMILES string of the molecule is C=Cc1cccc(NC2CCN(C(=O)OC(C)(C)C)CC2)c1[N+](=O)[O-]. The number of piperidine rings is 1. The number of anilines is 1. The van der Waals surface area contributed by atoms with Gasteiger partial charge in [-0.1, -0.05) is 18.7 Å². The highest BCUT2D eigenvalue weighted by Crippen LogP contribution is 2.31. The van der Waals surface area contributed by atoms with Crippen LogP contribution in [0, 0.1) is 10.1 Å². The van der Waals surface area contributed by atoms with Gasteiger partial charge in [0.2, 0.25) is 0 Å². The lowest BCUT2D eigenvalue weighted by molar-refractivity contribution is -0.384. The largest absolute Gasteiger partial charge is 0.444 e. The zero-order valence-corrected chi connectivity index (χ0v) is 14.9. The number of likely N-dealkylation sites (tertiary alicyclic amines) is 1. The van der Waals surface area contributed by atoms with Crippen molar-refractivity contribution in [3.63, 3.8) is 0 Å². The van der Waals surface area contributed by atoms with Crippen LogP contribution in [0.1, 0.15) is 39.2 Å². The first kappa shape index (κ1) is 18.8. The normalized spacial score (nSPS) is 15.6. The van der Waals surface area contributed by atoms with E-state index in [-0.39, 0.29) is 17.8 Å². The summed E-state index contributed by atoms with van der Waals surface area (Å²) in [5.41, 5.74) is 0.490. The Morgan fingerprint density at radius 1 is 1.40 bits per heavy atom. The molecule has 0 aromatic heterocycles. The molecule has 7 nitrogen and oxygen atoms in total. The lowest BCUT2D eigenvalue weighted by atomic mass is 10.0. The summed E-state index contributed by atoms with van der Waals surface area (Å²) in [6.45, 7) is 10.3. The van der Waals surface area contributed by atoms with E-state index < -0.39 is 10.5 Å². The molecule has 0 aliphatic carbocycles.